The highest BCUT2D eigenvalue weighted by Gasteiger charge is 2.44. The zero-order chi connectivity index (χ0) is 22.7. The van der Waals surface area contributed by atoms with Crippen LogP contribution in [0.25, 0.3) is 21.5 Å². The largest absolute Gasteiger partial charge is 0.370 e. The Morgan fingerprint density at radius 3 is 1.33 bits per heavy atom. The molecular weight excluding hydrogens is 502 g/mol. The molecule has 2 saturated heterocycles. The van der Waals surface area contributed by atoms with Crippen molar-refractivity contribution in [3.63, 3.8) is 0 Å². The Labute approximate surface area is 211 Å². The van der Waals surface area contributed by atoms with Crippen LogP contribution in [0, 0.1) is 0 Å². The molecule has 168 valence electrons. The highest BCUT2D eigenvalue weighted by atomic mass is 35.5. The van der Waals surface area contributed by atoms with Crippen LogP contribution in [0.15, 0.2) is 60.7 Å². The maximum absolute atomic E-state index is 6.82. The van der Waals surface area contributed by atoms with Crippen molar-refractivity contribution in [2.24, 2.45) is 0 Å². The minimum absolute atomic E-state index is 0.120. The van der Waals surface area contributed by atoms with Gasteiger partial charge < -0.3 is 14.2 Å². The Morgan fingerprint density at radius 2 is 0.970 bits per heavy atom. The standard InChI is InChI=1S/C26H18Cl4O3/c27-17-9-19(29)23(15-7-3-1-5-13(15)17)25(21-11-31-21)33-26(22-12-32-22)24-16-8-4-2-6-14(16)18(28)10-20(24)30/h1-10,21-22,25-26H,11-12H2. The fourth-order valence-electron chi connectivity index (χ4n) is 4.52. The van der Waals surface area contributed by atoms with Crippen LogP contribution < -0.4 is 0 Å². The molecule has 4 aromatic rings. The molecule has 0 amide bonds. The third kappa shape index (κ3) is 4.00. The lowest BCUT2D eigenvalue weighted by Gasteiger charge is -2.27. The van der Waals surface area contributed by atoms with E-state index >= 15 is 0 Å². The van der Waals surface area contributed by atoms with Crippen molar-refractivity contribution in [2.45, 2.75) is 24.4 Å². The number of benzene rings is 4. The number of hydrogen-bond acceptors (Lipinski definition) is 3. The molecule has 2 aliphatic rings. The third-order valence-electron chi connectivity index (χ3n) is 6.23. The minimum Gasteiger partial charge on any atom is -0.370 e. The van der Waals surface area contributed by atoms with Gasteiger partial charge in [0.05, 0.1) is 13.2 Å². The molecule has 0 aromatic heterocycles. The highest BCUT2D eigenvalue weighted by Crippen LogP contribution is 2.48. The number of fused-ring (bicyclic) bond motifs is 2. The maximum Gasteiger partial charge on any atom is 0.114 e. The van der Waals surface area contributed by atoms with Gasteiger partial charge in [-0.1, -0.05) is 94.9 Å². The Bertz CT molecular complexity index is 1280. The number of epoxide rings is 2. The maximum atomic E-state index is 6.82. The fourth-order valence-corrected chi connectivity index (χ4v) is 5.82. The van der Waals surface area contributed by atoms with Crippen LogP contribution in [0.4, 0.5) is 0 Å². The summed E-state index contributed by atoms with van der Waals surface area (Å²) in [4.78, 5) is 0. The summed E-state index contributed by atoms with van der Waals surface area (Å²) in [6.07, 6.45) is -1.07. The van der Waals surface area contributed by atoms with E-state index in [2.05, 4.69) is 0 Å². The SMILES string of the molecule is Clc1cc(Cl)c2ccccc2c1C(OC(c1c(Cl)cc(Cl)c2ccccc12)C1CO1)C1CO1. The van der Waals surface area contributed by atoms with Gasteiger partial charge in [-0.2, -0.15) is 0 Å². The molecule has 0 radical (unpaired) electrons. The zero-order valence-electron chi connectivity index (χ0n) is 17.2. The molecule has 0 bridgehead atoms. The Hall–Kier alpha value is -1.56. The molecule has 0 aliphatic carbocycles. The normalized spacial score (nSPS) is 21.3. The molecule has 6 rings (SSSR count). The van der Waals surface area contributed by atoms with Gasteiger partial charge in [-0.05, 0) is 22.9 Å². The van der Waals surface area contributed by atoms with Crippen LogP contribution in [-0.2, 0) is 14.2 Å². The third-order valence-corrected chi connectivity index (χ3v) is 7.48. The van der Waals surface area contributed by atoms with Crippen LogP contribution in [0.1, 0.15) is 23.3 Å². The van der Waals surface area contributed by atoms with E-state index in [1.54, 1.807) is 12.1 Å². The van der Waals surface area contributed by atoms with E-state index in [-0.39, 0.29) is 12.2 Å². The molecule has 2 aliphatic heterocycles. The lowest BCUT2D eigenvalue weighted by molar-refractivity contribution is -0.0404. The van der Waals surface area contributed by atoms with Crippen LogP contribution in [0.5, 0.6) is 0 Å². The summed E-state index contributed by atoms with van der Waals surface area (Å²) in [6.45, 7) is 1.18. The Morgan fingerprint density at radius 1 is 0.606 bits per heavy atom. The number of ether oxygens (including phenoxy) is 3. The average Bonchev–Trinajstić information content (AvgIpc) is 3.71. The van der Waals surface area contributed by atoms with Crippen LogP contribution in [0.3, 0.4) is 0 Å². The molecule has 2 heterocycles. The first-order chi connectivity index (χ1) is 16.0. The lowest BCUT2D eigenvalue weighted by atomic mass is 9.96. The van der Waals surface area contributed by atoms with E-state index in [4.69, 9.17) is 60.6 Å². The summed E-state index contributed by atoms with van der Waals surface area (Å²) in [7, 11) is 0. The van der Waals surface area contributed by atoms with E-state index in [0.717, 1.165) is 32.7 Å². The van der Waals surface area contributed by atoms with Crippen molar-refractivity contribution in [1.82, 2.24) is 0 Å². The predicted molar refractivity (Wildman–Crippen MR) is 134 cm³/mol. The van der Waals surface area contributed by atoms with Gasteiger partial charge in [0.25, 0.3) is 0 Å². The molecule has 4 aromatic carbocycles. The molecule has 0 saturated carbocycles. The van der Waals surface area contributed by atoms with Gasteiger partial charge >= 0.3 is 0 Å². The second-order valence-corrected chi connectivity index (χ2v) is 9.95. The van der Waals surface area contributed by atoms with Crippen molar-refractivity contribution in [1.29, 1.82) is 0 Å². The first-order valence-electron chi connectivity index (χ1n) is 10.6. The van der Waals surface area contributed by atoms with Gasteiger partial charge in [0.2, 0.25) is 0 Å². The lowest BCUT2D eigenvalue weighted by Crippen LogP contribution is -2.20. The minimum atomic E-state index is -0.417. The summed E-state index contributed by atoms with van der Waals surface area (Å²) in [5.74, 6) is 0. The van der Waals surface area contributed by atoms with E-state index in [1.165, 1.54) is 0 Å². The first-order valence-corrected chi connectivity index (χ1v) is 12.2. The molecule has 4 unspecified atom stereocenters. The summed E-state index contributed by atoms with van der Waals surface area (Å²) in [5, 5.41) is 6.01. The number of hydrogen-bond donors (Lipinski definition) is 0. The zero-order valence-corrected chi connectivity index (χ0v) is 20.3. The summed E-state index contributed by atoms with van der Waals surface area (Å²) in [5.41, 5.74) is 1.72. The molecule has 33 heavy (non-hydrogen) atoms. The summed E-state index contributed by atoms with van der Waals surface area (Å²) < 4.78 is 18.3. The van der Waals surface area contributed by atoms with Gasteiger partial charge in [-0.3, -0.25) is 0 Å². The smallest absolute Gasteiger partial charge is 0.114 e. The second-order valence-electron chi connectivity index (χ2n) is 8.32. The van der Waals surface area contributed by atoms with E-state index < -0.39 is 12.2 Å². The molecule has 7 heteroatoms. The van der Waals surface area contributed by atoms with Crippen molar-refractivity contribution >= 4 is 67.9 Å². The van der Waals surface area contributed by atoms with Crippen LogP contribution >= 0.6 is 46.4 Å². The van der Waals surface area contributed by atoms with Crippen molar-refractivity contribution in [3.05, 3.63) is 91.9 Å². The molecule has 0 N–H and O–H groups in total. The predicted octanol–water partition coefficient (Wildman–Crippen LogP) is 8.20. The number of halogens is 4. The summed E-state index contributed by atoms with van der Waals surface area (Å²) in [6, 6.07) is 19.4. The first kappa shape index (κ1) is 21.9. The van der Waals surface area contributed by atoms with Gasteiger partial charge in [0, 0.05) is 42.0 Å². The monoisotopic (exact) mass is 518 g/mol. The highest BCUT2D eigenvalue weighted by molar-refractivity contribution is 6.40. The second kappa shape index (κ2) is 8.58. The number of rotatable bonds is 6. The Balaban J connectivity index is 1.50. The molecule has 3 nitrogen and oxygen atoms in total. The molecule has 0 spiro atoms. The molecule has 4 atom stereocenters. The molecular formula is C26H18Cl4O3. The van der Waals surface area contributed by atoms with Crippen LogP contribution in [0.2, 0.25) is 20.1 Å². The van der Waals surface area contributed by atoms with Gasteiger partial charge in [-0.25, -0.2) is 0 Å². The van der Waals surface area contributed by atoms with E-state index in [9.17, 15) is 0 Å². The fraction of sp³-hybridized carbons (Fsp3) is 0.231. The quantitative estimate of drug-likeness (QED) is 0.241. The van der Waals surface area contributed by atoms with E-state index in [0.29, 0.717) is 33.3 Å². The molecule has 2 fully saturated rings. The van der Waals surface area contributed by atoms with E-state index in [1.807, 2.05) is 48.5 Å². The van der Waals surface area contributed by atoms with Gasteiger partial charge in [0.15, 0.2) is 0 Å². The van der Waals surface area contributed by atoms with Gasteiger partial charge in [-0.15, -0.1) is 0 Å². The van der Waals surface area contributed by atoms with Crippen molar-refractivity contribution < 1.29 is 14.2 Å². The van der Waals surface area contributed by atoms with Crippen molar-refractivity contribution in [2.75, 3.05) is 13.2 Å². The topological polar surface area (TPSA) is 34.3 Å². The average molecular weight is 520 g/mol. The van der Waals surface area contributed by atoms with Crippen molar-refractivity contribution in [3.8, 4) is 0 Å². The van der Waals surface area contributed by atoms with Gasteiger partial charge in [0.1, 0.15) is 24.4 Å². The summed E-state index contributed by atoms with van der Waals surface area (Å²) >= 11 is 26.5. The Kier molecular flexibility index (Phi) is 5.71. The van der Waals surface area contributed by atoms with Crippen LogP contribution in [-0.4, -0.2) is 25.4 Å².